The second-order valence-electron chi connectivity index (χ2n) is 13.0. The van der Waals surface area contributed by atoms with E-state index in [1.165, 1.54) is 36.0 Å². The highest BCUT2D eigenvalue weighted by molar-refractivity contribution is 8.18. The Balaban J connectivity index is 1.91. The molecular formula is C37H52O5S2. The molecule has 242 valence electrons. The number of carboxylic acids is 1. The van der Waals surface area contributed by atoms with Crippen molar-refractivity contribution in [2.75, 3.05) is 19.5 Å². The Labute approximate surface area is 274 Å². The van der Waals surface area contributed by atoms with Gasteiger partial charge in [0.2, 0.25) is 0 Å². The Hall–Kier alpha value is -2.22. The van der Waals surface area contributed by atoms with Crippen LogP contribution in [0.5, 0.6) is 0 Å². The fraction of sp³-hybridized carbons (Fsp3) is 0.568. The van der Waals surface area contributed by atoms with Gasteiger partial charge in [0, 0.05) is 30.3 Å². The molecule has 0 bridgehead atoms. The van der Waals surface area contributed by atoms with Gasteiger partial charge in [0.1, 0.15) is 11.4 Å². The minimum Gasteiger partial charge on any atom is -0.486 e. The smallest absolute Gasteiger partial charge is 0.341 e. The SMILES string of the molecule is CCCCCc1ccc(C)cc1CSC1(SCCCC(=O)c2cc(C)ccc2C)CC(C)(C)C(OCC(=O)O)=CC1(C)OC. The number of hydrogen-bond acceptors (Lipinski definition) is 6. The molecule has 0 heterocycles. The van der Waals surface area contributed by atoms with Gasteiger partial charge in [-0.05, 0) is 88.0 Å². The number of hydrogen-bond donors (Lipinski definition) is 1. The van der Waals surface area contributed by atoms with Crippen molar-refractivity contribution in [2.45, 2.75) is 109 Å². The lowest BCUT2D eigenvalue weighted by atomic mass is 9.74. The summed E-state index contributed by atoms with van der Waals surface area (Å²) in [5, 5.41) is 9.32. The largest absolute Gasteiger partial charge is 0.486 e. The highest BCUT2D eigenvalue weighted by Gasteiger charge is 2.56. The lowest BCUT2D eigenvalue weighted by Crippen LogP contribution is -2.54. The van der Waals surface area contributed by atoms with E-state index in [0.29, 0.717) is 12.2 Å². The Morgan fingerprint density at radius 1 is 0.932 bits per heavy atom. The van der Waals surface area contributed by atoms with Gasteiger partial charge in [0.25, 0.3) is 0 Å². The third-order valence-corrected chi connectivity index (χ3v) is 12.4. The average Bonchev–Trinajstić information content (AvgIpc) is 2.97. The number of Topliss-reactive ketones (excluding diaryl/α,β-unsaturated/α-hetero) is 1. The third-order valence-electron chi connectivity index (χ3n) is 8.73. The van der Waals surface area contributed by atoms with Crippen LogP contribution in [0.1, 0.15) is 104 Å². The van der Waals surface area contributed by atoms with Crippen molar-refractivity contribution in [2.24, 2.45) is 5.41 Å². The van der Waals surface area contributed by atoms with E-state index in [4.69, 9.17) is 9.47 Å². The summed E-state index contributed by atoms with van der Waals surface area (Å²) in [4.78, 5) is 24.6. The molecule has 1 aliphatic carbocycles. The number of aryl methyl sites for hydroxylation is 4. The van der Waals surface area contributed by atoms with Crippen LogP contribution in [0, 0.1) is 26.2 Å². The van der Waals surface area contributed by atoms with Gasteiger partial charge < -0.3 is 14.6 Å². The van der Waals surface area contributed by atoms with Crippen molar-refractivity contribution in [3.05, 3.63) is 81.6 Å². The number of methoxy groups -OCH3 is 1. The minimum absolute atomic E-state index is 0.188. The molecule has 1 N–H and O–H groups in total. The molecule has 1 aliphatic rings. The van der Waals surface area contributed by atoms with Crippen molar-refractivity contribution in [3.63, 3.8) is 0 Å². The molecule has 0 saturated heterocycles. The highest BCUT2D eigenvalue weighted by atomic mass is 32.2. The van der Waals surface area contributed by atoms with Crippen LogP contribution in [-0.4, -0.2) is 46.0 Å². The number of ether oxygens (including phenoxy) is 2. The summed E-state index contributed by atoms with van der Waals surface area (Å²) in [7, 11) is 1.73. The Kier molecular flexibility index (Phi) is 13.1. The molecule has 5 nitrogen and oxygen atoms in total. The number of aliphatic carboxylic acids is 1. The van der Waals surface area contributed by atoms with Gasteiger partial charge in [0.15, 0.2) is 12.4 Å². The summed E-state index contributed by atoms with van der Waals surface area (Å²) >= 11 is 3.79. The van der Waals surface area contributed by atoms with Crippen LogP contribution >= 0.6 is 23.5 Å². The molecule has 0 radical (unpaired) electrons. The molecule has 2 aromatic carbocycles. The van der Waals surface area contributed by atoms with E-state index >= 15 is 0 Å². The van der Waals surface area contributed by atoms with Gasteiger partial charge in [-0.2, -0.15) is 0 Å². The number of rotatable bonds is 17. The molecule has 7 heteroatoms. The molecular weight excluding hydrogens is 589 g/mol. The van der Waals surface area contributed by atoms with Crippen molar-refractivity contribution < 1.29 is 24.2 Å². The van der Waals surface area contributed by atoms with Crippen LogP contribution in [0.25, 0.3) is 0 Å². The first kappa shape index (κ1) is 36.3. The van der Waals surface area contributed by atoms with E-state index in [0.717, 1.165) is 47.5 Å². The van der Waals surface area contributed by atoms with Crippen LogP contribution in [0.15, 0.2) is 48.2 Å². The summed E-state index contributed by atoms with van der Waals surface area (Å²) in [5.74, 6) is 1.49. The Morgan fingerprint density at radius 2 is 1.64 bits per heavy atom. The van der Waals surface area contributed by atoms with Crippen molar-refractivity contribution >= 4 is 35.3 Å². The first-order chi connectivity index (χ1) is 20.8. The zero-order valence-electron chi connectivity index (χ0n) is 28.0. The van der Waals surface area contributed by atoms with Crippen molar-refractivity contribution in [1.29, 1.82) is 0 Å². The van der Waals surface area contributed by atoms with Crippen molar-refractivity contribution in [3.8, 4) is 0 Å². The summed E-state index contributed by atoms with van der Waals surface area (Å²) in [5.41, 5.74) is 5.84. The molecule has 2 unspecified atom stereocenters. The molecule has 3 rings (SSSR count). The van der Waals surface area contributed by atoms with Crippen LogP contribution in [0.3, 0.4) is 0 Å². The first-order valence-electron chi connectivity index (χ1n) is 15.9. The predicted molar refractivity (Wildman–Crippen MR) is 186 cm³/mol. The first-order valence-corrected chi connectivity index (χ1v) is 17.8. The Bertz CT molecular complexity index is 1330. The maximum Gasteiger partial charge on any atom is 0.341 e. The maximum atomic E-state index is 13.2. The van der Waals surface area contributed by atoms with Gasteiger partial charge in [0.05, 0.1) is 4.08 Å². The summed E-state index contributed by atoms with van der Waals surface area (Å²) in [6.45, 7) is 14.4. The van der Waals surface area contributed by atoms with E-state index in [1.54, 1.807) is 7.11 Å². The van der Waals surface area contributed by atoms with Gasteiger partial charge in [-0.15, -0.1) is 23.5 Å². The van der Waals surface area contributed by atoms with Gasteiger partial charge >= 0.3 is 5.97 Å². The molecule has 0 aliphatic heterocycles. The highest BCUT2D eigenvalue weighted by Crippen LogP contribution is 2.60. The number of carboxylic acid groups (broad SMARTS) is 1. The number of carbonyl (C=O) groups is 2. The standard InChI is InChI=1S/C37H52O5S2/c1-9-10-11-13-29-18-16-26(2)20-30(29)24-44-37(43-19-12-14-32(38)31-21-27(3)15-17-28(31)4)25-35(5,6)33(42-23-34(39)40)22-36(37,7)41-8/h15-18,20-22H,9-14,19,23-25H2,1-8H3,(H,39,40). The molecule has 44 heavy (non-hydrogen) atoms. The molecule has 0 fully saturated rings. The number of allylic oxidation sites excluding steroid dienone is 1. The van der Waals surface area contributed by atoms with Crippen LogP contribution in [0.2, 0.25) is 0 Å². The lowest BCUT2D eigenvalue weighted by Gasteiger charge is -2.53. The van der Waals surface area contributed by atoms with Gasteiger partial charge in [-0.25, -0.2) is 4.79 Å². The van der Waals surface area contributed by atoms with E-state index in [9.17, 15) is 14.7 Å². The molecule has 0 spiro atoms. The third kappa shape index (κ3) is 9.17. The zero-order valence-corrected chi connectivity index (χ0v) is 29.6. The average molecular weight is 641 g/mol. The summed E-state index contributed by atoms with van der Waals surface area (Å²) in [6.07, 6.45) is 8.67. The van der Waals surface area contributed by atoms with Crippen LogP contribution in [-0.2, 0) is 26.4 Å². The topological polar surface area (TPSA) is 72.8 Å². The zero-order chi connectivity index (χ0) is 32.5. The van der Waals surface area contributed by atoms with E-state index in [2.05, 4.69) is 52.8 Å². The molecule has 0 amide bonds. The number of thioether (sulfide) groups is 2. The van der Waals surface area contributed by atoms with Crippen LogP contribution in [0.4, 0.5) is 0 Å². The fourth-order valence-corrected chi connectivity index (χ4v) is 9.77. The Morgan fingerprint density at radius 3 is 2.32 bits per heavy atom. The van der Waals surface area contributed by atoms with E-state index in [-0.39, 0.29) is 12.4 Å². The van der Waals surface area contributed by atoms with E-state index < -0.39 is 21.1 Å². The fourth-order valence-electron chi connectivity index (χ4n) is 5.95. The quantitative estimate of drug-likeness (QED) is 0.105. The molecule has 0 aromatic heterocycles. The monoisotopic (exact) mass is 640 g/mol. The maximum absolute atomic E-state index is 13.2. The normalized spacial score (nSPS) is 21.1. The number of benzene rings is 2. The second-order valence-corrected chi connectivity index (χ2v) is 16.0. The lowest BCUT2D eigenvalue weighted by molar-refractivity contribution is -0.141. The number of unbranched alkanes of at least 4 members (excludes halogenated alkanes) is 2. The van der Waals surface area contributed by atoms with E-state index in [1.807, 2.05) is 61.6 Å². The van der Waals surface area contributed by atoms with Crippen LogP contribution < -0.4 is 0 Å². The molecule has 2 atom stereocenters. The molecule has 2 aromatic rings. The minimum atomic E-state index is -0.995. The summed E-state index contributed by atoms with van der Waals surface area (Å²) < 4.78 is 11.8. The number of ketones is 1. The number of carbonyl (C=O) groups excluding carboxylic acids is 1. The summed E-state index contributed by atoms with van der Waals surface area (Å²) in [6, 6.07) is 12.9. The predicted octanol–water partition coefficient (Wildman–Crippen LogP) is 9.49. The van der Waals surface area contributed by atoms with Crippen molar-refractivity contribution in [1.82, 2.24) is 0 Å². The van der Waals surface area contributed by atoms with Gasteiger partial charge in [-0.1, -0.05) is 75.1 Å². The van der Waals surface area contributed by atoms with Gasteiger partial charge in [-0.3, -0.25) is 4.79 Å². The second kappa shape index (κ2) is 15.9. The molecule has 0 saturated carbocycles.